The van der Waals surface area contributed by atoms with Crippen molar-refractivity contribution in [1.29, 1.82) is 0 Å². The van der Waals surface area contributed by atoms with Gasteiger partial charge < -0.3 is 10.1 Å². The summed E-state index contributed by atoms with van der Waals surface area (Å²) in [4.78, 5) is 10.6. The number of hydrogen-bond acceptors (Lipinski definition) is 2. The zero-order chi connectivity index (χ0) is 8.10. The molecule has 1 N–H and O–H groups in total. The maximum absolute atomic E-state index is 10.6. The van der Waals surface area contributed by atoms with E-state index in [9.17, 15) is 4.79 Å². The van der Waals surface area contributed by atoms with Gasteiger partial charge in [-0.3, -0.25) is 0 Å². The number of ether oxygens (including phenoxy) is 1. The molecular formula is C8H15NO2. The summed E-state index contributed by atoms with van der Waals surface area (Å²) < 4.78 is 4.93. The SMILES string of the molecule is CNC(=O)OCC1CCCC1. The van der Waals surface area contributed by atoms with Crippen LogP contribution < -0.4 is 5.32 Å². The highest BCUT2D eigenvalue weighted by atomic mass is 16.5. The van der Waals surface area contributed by atoms with E-state index < -0.39 is 0 Å². The van der Waals surface area contributed by atoms with Crippen molar-refractivity contribution >= 4 is 6.09 Å². The van der Waals surface area contributed by atoms with Crippen molar-refractivity contribution in [2.45, 2.75) is 25.7 Å². The van der Waals surface area contributed by atoms with E-state index in [4.69, 9.17) is 4.74 Å². The van der Waals surface area contributed by atoms with Crippen molar-refractivity contribution in [3.63, 3.8) is 0 Å². The molecule has 0 atom stereocenters. The topological polar surface area (TPSA) is 38.3 Å². The summed E-state index contributed by atoms with van der Waals surface area (Å²) in [6, 6.07) is 0. The summed E-state index contributed by atoms with van der Waals surface area (Å²) in [5, 5.41) is 2.43. The second-order valence-electron chi connectivity index (χ2n) is 3.00. The molecule has 0 aromatic carbocycles. The van der Waals surface area contributed by atoms with Gasteiger partial charge in [0.1, 0.15) is 0 Å². The first-order valence-corrected chi connectivity index (χ1v) is 4.17. The zero-order valence-corrected chi connectivity index (χ0v) is 6.93. The van der Waals surface area contributed by atoms with Gasteiger partial charge in [0.2, 0.25) is 0 Å². The molecule has 0 aromatic rings. The molecule has 1 aliphatic carbocycles. The van der Waals surface area contributed by atoms with E-state index in [0.29, 0.717) is 12.5 Å². The quantitative estimate of drug-likeness (QED) is 0.660. The molecule has 0 unspecified atom stereocenters. The van der Waals surface area contributed by atoms with E-state index in [1.807, 2.05) is 0 Å². The van der Waals surface area contributed by atoms with Crippen LogP contribution in [0.2, 0.25) is 0 Å². The Balaban J connectivity index is 2.06. The molecule has 64 valence electrons. The van der Waals surface area contributed by atoms with Crippen molar-refractivity contribution in [2.24, 2.45) is 5.92 Å². The first kappa shape index (κ1) is 8.37. The van der Waals surface area contributed by atoms with E-state index in [1.165, 1.54) is 25.7 Å². The number of carbonyl (C=O) groups excluding carboxylic acids is 1. The van der Waals surface area contributed by atoms with Gasteiger partial charge >= 0.3 is 6.09 Å². The lowest BCUT2D eigenvalue weighted by molar-refractivity contribution is 0.130. The predicted octanol–water partition coefficient (Wildman–Crippen LogP) is 1.53. The number of carbonyl (C=O) groups is 1. The van der Waals surface area contributed by atoms with Crippen molar-refractivity contribution in [3.05, 3.63) is 0 Å². The Bertz CT molecular complexity index is 130. The Hall–Kier alpha value is -0.730. The van der Waals surface area contributed by atoms with Crippen molar-refractivity contribution in [3.8, 4) is 0 Å². The summed E-state index contributed by atoms with van der Waals surface area (Å²) in [7, 11) is 1.58. The minimum atomic E-state index is -0.308. The van der Waals surface area contributed by atoms with E-state index in [0.717, 1.165) is 0 Å². The third-order valence-corrected chi connectivity index (χ3v) is 2.13. The third kappa shape index (κ3) is 2.78. The monoisotopic (exact) mass is 157 g/mol. The molecule has 1 aliphatic rings. The molecule has 1 fully saturated rings. The van der Waals surface area contributed by atoms with Crippen LogP contribution in [0.25, 0.3) is 0 Å². The van der Waals surface area contributed by atoms with E-state index in [2.05, 4.69) is 5.32 Å². The Kier molecular flexibility index (Phi) is 3.20. The number of rotatable bonds is 2. The van der Waals surface area contributed by atoms with Gasteiger partial charge in [-0.1, -0.05) is 12.8 Å². The van der Waals surface area contributed by atoms with E-state index in [1.54, 1.807) is 7.05 Å². The average Bonchev–Trinajstić information content (AvgIpc) is 2.52. The number of hydrogen-bond donors (Lipinski definition) is 1. The van der Waals surface area contributed by atoms with Crippen LogP contribution in [-0.4, -0.2) is 19.7 Å². The number of amides is 1. The van der Waals surface area contributed by atoms with Gasteiger partial charge in [-0.05, 0) is 18.8 Å². The minimum absolute atomic E-state index is 0.308. The Morgan fingerprint density at radius 2 is 2.18 bits per heavy atom. The lowest BCUT2D eigenvalue weighted by Crippen LogP contribution is -2.21. The van der Waals surface area contributed by atoms with Crippen LogP contribution in [0.15, 0.2) is 0 Å². The summed E-state index contributed by atoms with van der Waals surface area (Å²) in [5.41, 5.74) is 0. The van der Waals surface area contributed by atoms with Crippen LogP contribution in [0.1, 0.15) is 25.7 Å². The fourth-order valence-electron chi connectivity index (χ4n) is 1.44. The lowest BCUT2D eigenvalue weighted by Gasteiger charge is -2.08. The smallest absolute Gasteiger partial charge is 0.406 e. The Morgan fingerprint density at radius 1 is 1.55 bits per heavy atom. The summed E-state index contributed by atoms with van der Waals surface area (Å²) >= 11 is 0. The molecule has 0 saturated heterocycles. The maximum Gasteiger partial charge on any atom is 0.406 e. The first-order valence-electron chi connectivity index (χ1n) is 4.17. The fraction of sp³-hybridized carbons (Fsp3) is 0.875. The van der Waals surface area contributed by atoms with Crippen molar-refractivity contribution < 1.29 is 9.53 Å². The van der Waals surface area contributed by atoms with Gasteiger partial charge in [-0.2, -0.15) is 0 Å². The van der Waals surface area contributed by atoms with Crippen LogP contribution in [0.4, 0.5) is 4.79 Å². The second kappa shape index (κ2) is 4.21. The average molecular weight is 157 g/mol. The van der Waals surface area contributed by atoms with Gasteiger partial charge in [0.05, 0.1) is 6.61 Å². The third-order valence-electron chi connectivity index (χ3n) is 2.13. The van der Waals surface area contributed by atoms with Crippen molar-refractivity contribution in [2.75, 3.05) is 13.7 Å². The normalized spacial score (nSPS) is 18.3. The predicted molar refractivity (Wildman–Crippen MR) is 42.4 cm³/mol. The molecule has 0 radical (unpaired) electrons. The highest BCUT2D eigenvalue weighted by molar-refractivity contribution is 5.66. The highest BCUT2D eigenvalue weighted by Crippen LogP contribution is 2.24. The van der Waals surface area contributed by atoms with Crippen LogP contribution in [0.3, 0.4) is 0 Å². The largest absolute Gasteiger partial charge is 0.449 e. The van der Waals surface area contributed by atoms with Gasteiger partial charge in [0.25, 0.3) is 0 Å². The Morgan fingerprint density at radius 3 is 2.73 bits per heavy atom. The fourth-order valence-corrected chi connectivity index (χ4v) is 1.44. The molecule has 0 spiro atoms. The second-order valence-corrected chi connectivity index (χ2v) is 3.00. The van der Waals surface area contributed by atoms with Crippen LogP contribution >= 0.6 is 0 Å². The molecule has 1 rings (SSSR count). The van der Waals surface area contributed by atoms with Crippen LogP contribution in [-0.2, 0) is 4.74 Å². The zero-order valence-electron chi connectivity index (χ0n) is 6.93. The lowest BCUT2D eigenvalue weighted by atomic mass is 10.1. The Labute approximate surface area is 67.1 Å². The summed E-state index contributed by atoms with van der Waals surface area (Å²) in [5.74, 6) is 0.618. The van der Waals surface area contributed by atoms with Crippen LogP contribution in [0, 0.1) is 5.92 Å². The van der Waals surface area contributed by atoms with Gasteiger partial charge in [-0.15, -0.1) is 0 Å². The standard InChI is InChI=1S/C8H15NO2/c1-9-8(10)11-6-7-4-2-3-5-7/h7H,2-6H2,1H3,(H,9,10). The van der Waals surface area contributed by atoms with Gasteiger partial charge in [-0.25, -0.2) is 4.79 Å². The molecule has 0 aliphatic heterocycles. The molecule has 3 nitrogen and oxygen atoms in total. The first-order chi connectivity index (χ1) is 5.33. The maximum atomic E-state index is 10.6. The molecule has 3 heteroatoms. The molecule has 0 bridgehead atoms. The summed E-state index contributed by atoms with van der Waals surface area (Å²) in [6.07, 6.45) is 4.72. The van der Waals surface area contributed by atoms with Gasteiger partial charge in [0.15, 0.2) is 0 Å². The van der Waals surface area contributed by atoms with Crippen LogP contribution in [0.5, 0.6) is 0 Å². The summed E-state index contributed by atoms with van der Waals surface area (Å²) in [6.45, 7) is 0.597. The van der Waals surface area contributed by atoms with E-state index in [-0.39, 0.29) is 6.09 Å². The molecule has 1 saturated carbocycles. The highest BCUT2D eigenvalue weighted by Gasteiger charge is 2.16. The van der Waals surface area contributed by atoms with E-state index >= 15 is 0 Å². The molecule has 1 amide bonds. The number of alkyl carbamates (subject to hydrolysis) is 1. The van der Waals surface area contributed by atoms with Gasteiger partial charge in [0, 0.05) is 7.05 Å². The number of nitrogens with one attached hydrogen (secondary N) is 1. The molecule has 11 heavy (non-hydrogen) atoms. The molecule has 0 aromatic heterocycles. The minimum Gasteiger partial charge on any atom is -0.449 e. The van der Waals surface area contributed by atoms with Crippen molar-refractivity contribution in [1.82, 2.24) is 5.32 Å². The molecular weight excluding hydrogens is 142 g/mol. The molecule has 0 heterocycles.